The first-order valence-electron chi connectivity index (χ1n) is 12.5. The quantitative estimate of drug-likeness (QED) is 0.484. The van der Waals surface area contributed by atoms with Gasteiger partial charge in [-0.05, 0) is 67.7 Å². The fraction of sp³-hybridized carbons (Fsp3) is 0.500. The Labute approximate surface area is 209 Å². The van der Waals surface area contributed by atoms with E-state index in [1.54, 1.807) is 4.90 Å². The lowest BCUT2D eigenvalue weighted by Gasteiger charge is -2.31. The lowest BCUT2D eigenvalue weighted by molar-refractivity contribution is 0.0872. The number of amides is 1. The number of Topliss-reactive ketones (excluding diaryl/α,β-unsaturated/α-hetero) is 1. The summed E-state index contributed by atoms with van der Waals surface area (Å²) in [6.45, 7) is 6.78. The Hall–Kier alpha value is -2.37. The number of carbonyl (C=O) groups excluding carboxylic acids is 2. The smallest absolute Gasteiger partial charge is 0.409 e. The zero-order valence-corrected chi connectivity index (χ0v) is 21.0. The van der Waals surface area contributed by atoms with E-state index in [4.69, 9.17) is 4.74 Å². The highest BCUT2D eigenvalue weighted by Crippen LogP contribution is 2.25. The monoisotopic (exact) mass is 484 g/mol. The number of hydrogen-bond acceptors (Lipinski definition) is 4. The van der Waals surface area contributed by atoms with E-state index < -0.39 is 0 Å². The molecule has 5 nitrogen and oxygen atoms in total. The minimum Gasteiger partial charge on any atom is -0.450 e. The first-order valence-corrected chi connectivity index (χ1v) is 12.5. The summed E-state index contributed by atoms with van der Waals surface area (Å²) in [6.07, 6.45) is 5.21. The second-order valence-electron chi connectivity index (χ2n) is 9.34. The molecule has 0 saturated carbocycles. The van der Waals surface area contributed by atoms with Crippen LogP contribution in [0.4, 0.5) is 4.79 Å². The Balaban J connectivity index is 0.00000324. The second kappa shape index (κ2) is 12.9. The van der Waals surface area contributed by atoms with E-state index in [1.807, 2.05) is 13.0 Å². The van der Waals surface area contributed by atoms with Crippen LogP contribution in [0.3, 0.4) is 0 Å². The predicted octanol–water partition coefficient (Wildman–Crippen LogP) is 5.54. The minimum atomic E-state index is -0.209. The van der Waals surface area contributed by atoms with E-state index in [0.29, 0.717) is 18.9 Å². The van der Waals surface area contributed by atoms with Crippen LogP contribution in [0.2, 0.25) is 0 Å². The van der Waals surface area contributed by atoms with Crippen molar-refractivity contribution in [2.75, 3.05) is 32.8 Å². The van der Waals surface area contributed by atoms with Crippen LogP contribution in [0.1, 0.15) is 59.7 Å². The molecule has 1 fully saturated rings. The van der Waals surface area contributed by atoms with Gasteiger partial charge in [-0.2, -0.15) is 0 Å². The van der Waals surface area contributed by atoms with Crippen molar-refractivity contribution in [1.29, 1.82) is 0 Å². The average Bonchev–Trinajstić information content (AvgIpc) is 3.05. The van der Waals surface area contributed by atoms with Crippen LogP contribution in [0, 0.1) is 5.92 Å². The van der Waals surface area contributed by atoms with Gasteiger partial charge in [-0.3, -0.25) is 9.69 Å². The molecule has 1 amide bonds. The first-order chi connectivity index (χ1) is 16.1. The minimum absolute atomic E-state index is 0. The Morgan fingerprint density at radius 3 is 2.35 bits per heavy atom. The second-order valence-corrected chi connectivity index (χ2v) is 9.34. The molecule has 4 rings (SSSR count). The summed E-state index contributed by atoms with van der Waals surface area (Å²) in [5.41, 5.74) is 4.93. The lowest BCUT2D eigenvalue weighted by Crippen LogP contribution is -2.38. The van der Waals surface area contributed by atoms with E-state index >= 15 is 0 Å². The molecule has 0 N–H and O–H groups in total. The van der Waals surface area contributed by atoms with Crippen LogP contribution in [0.5, 0.6) is 0 Å². The van der Waals surface area contributed by atoms with Gasteiger partial charge in [-0.15, -0.1) is 12.4 Å². The Morgan fingerprint density at radius 2 is 1.65 bits per heavy atom. The van der Waals surface area contributed by atoms with Crippen molar-refractivity contribution in [2.24, 2.45) is 5.92 Å². The van der Waals surface area contributed by atoms with Gasteiger partial charge in [0.1, 0.15) is 0 Å². The molecule has 0 bridgehead atoms. The normalized spacial score (nSPS) is 16.8. The zero-order chi connectivity index (χ0) is 23.0. The molecule has 0 spiro atoms. The summed E-state index contributed by atoms with van der Waals surface area (Å²) in [5, 5.41) is 0. The van der Waals surface area contributed by atoms with E-state index in [2.05, 4.69) is 47.4 Å². The molecular formula is C28H37ClN2O3. The Bertz CT molecular complexity index is 942. The summed E-state index contributed by atoms with van der Waals surface area (Å²) in [6, 6.07) is 17.0. The maximum atomic E-state index is 12.9. The van der Waals surface area contributed by atoms with Crippen molar-refractivity contribution in [1.82, 2.24) is 9.80 Å². The van der Waals surface area contributed by atoms with E-state index in [9.17, 15) is 9.59 Å². The molecule has 0 radical (unpaired) electrons. The number of nitrogens with zero attached hydrogens (tertiary/aromatic N) is 2. The van der Waals surface area contributed by atoms with Gasteiger partial charge in [-0.25, -0.2) is 4.79 Å². The van der Waals surface area contributed by atoms with Crippen LogP contribution < -0.4 is 0 Å². The van der Waals surface area contributed by atoms with Crippen molar-refractivity contribution in [3.63, 3.8) is 0 Å². The molecule has 0 aliphatic carbocycles. The average molecular weight is 485 g/mol. The van der Waals surface area contributed by atoms with Crippen LogP contribution in [-0.2, 0) is 24.1 Å². The highest BCUT2D eigenvalue weighted by molar-refractivity contribution is 5.96. The number of ketones is 1. The summed E-state index contributed by atoms with van der Waals surface area (Å²) in [4.78, 5) is 29.1. The van der Waals surface area contributed by atoms with Gasteiger partial charge in [0.05, 0.1) is 6.61 Å². The number of fused-ring (bicyclic) bond motifs is 1. The zero-order valence-electron chi connectivity index (χ0n) is 20.2. The fourth-order valence-electron chi connectivity index (χ4n) is 5.04. The van der Waals surface area contributed by atoms with Gasteiger partial charge in [0.25, 0.3) is 0 Å². The molecule has 1 saturated heterocycles. The molecule has 184 valence electrons. The van der Waals surface area contributed by atoms with Gasteiger partial charge in [0, 0.05) is 44.7 Å². The number of ether oxygens (including phenoxy) is 1. The van der Waals surface area contributed by atoms with E-state index in [1.165, 1.54) is 16.7 Å². The van der Waals surface area contributed by atoms with E-state index in [-0.39, 0.29) is 24.3 Å². The summed E-state index contributed by atoms with van der Waals surface area (Å²) >= 11 is 0. The topological polar surface area (TPSA) is 49.9 Å². The molecule has 0 unspecified atom stereocenters. The van der Waals surface area contributed by atoms with Gasteiger partial charge in [0.2, 0.25) is 0 Å². The van der Waals surface area contributed by atoms with Gasteiger partial charge in [-0.1, -0.05) is 42.5 Å². The molecule has 0 atom stereocenters. The summed E-state index contributed by atoms with van der Waals surface area (Å²) in [5.74, 6) is 0.753. The van der Waals surface area contributed by atoms with Crippen LogP contribution >= 0.6 is 12.4 Å². The van der Waals surface area contributed by atoms with E-state index in [0.717, 1.165) is 70.4 Å². The third-order valence-electron chi connectivity index (χ3n) is 7.09. The number of hydrogen-bond donors (Lipinski definition) is 0. The predicted molar refractivity (Wildman–Crippen MR) is 138 cm³/mol. The Kier molecular flexibility index (Phi) is 9.97. The van der Waals surface area contributed by atoms with Crippen molar-refractivity contribution in [2.45, 2.75) is 52.0 Å². The highest BCUT2D eigenvalue weighted by Gasteiger charge is 2.24. The standard InChI is InChI=1S/C28H36N2O3.ClH/c1-2-33-28(32)30-18-12-22(13-19-30)8-11-27(31)26-10-9-24-14-16-29(17-15-25(24)20-26)21-23-6-4-3-5-7-23;/h3-7,9-10,20,22H,2,8,11-19,21H2,1H3;1H. The van der Waals surface area contributed by atoms with Crippen molar-refractivity contribution < 1.29 is 14.3 Å². The van der Waals surface area contributed by atoms with Crippen LogP contribution in [-0.4, -0.2) is 54.5 Å². The summed E-state index contributed by atoms with van der Waals surface area (Å²) < 4.78 is 5.09. The van der Waals surface area contributed by atoms with Gasteiger partial charge < -0.3 is 9.64 Å². The fourth-order valence-corrected chi connectivity index (χ4v) is 5.04. The van der Waals surface area contributed by atoms with Gasteiger partial charge >= 0.3 is 6.09 Å². The van der Waals surface area contributed by atoms with Crippen LogP contribution in [0.15, 0.2) is 48.5 Å². The van der Waals surface area contributed by atoms with Crippen LogP contribution in [0.25, 0.3) is 0 Å². The third kappa shape index (κ3) is 7.07. The molecule has 6 heteroatoms. The largest absolute Gasteiger partial charge is 0.450 e. The number of piperidine rings is 1. The molecule has 2 aromatic rings. The number of benzene rings is 2. The number of rotatable bonds is 7. The van der Waals surface area contributed by atoms with Gasteiger partial charge in [0.15, 0.2) is 5.78 Å². The number of likely N-dealkylation sites (tertiary alicyclic amines) is 1. The lowest BCUT2D eigenvalue weighted by atomic mass is 9.90. The molecule has 2 heterocycles. The molecule has 0 aromatic heterocycles. The number of carbonyl (C=O) groups is 2. The first kappa shape index (κ1) is 26.2. The third-order valence-corrected chi connectivity index (χ3v) is 7.09. The van der Waals surface area contributed by atoms with Crippen molar-refractivity contribution >= 4 is 24.3 Å². The number of halogens is 1. The molecular weight excluding hydrogens is 448 g/mol. The molecule has 2 aliphatic heterocycles. The molecule has 2 aromatic carbocycles. The molecule has 34 heavy (non-hydrogen) atoms. The SMILES string of the molecule is CCOC(=O)N1CCC(CCC(=O)c2ccc3c(c2)CCN(Cc2ccccc2)CC3)CC1.Cl. The Morgan fingerprint density at radius 1 is 0.941 bits per heavy atom. The van der Waals surface area contributed by atoms with Crippen molar-refractivity contribution in [3.8, 4) is 0 Å². The maximum absolute atomic E-state index is 12.9. The highest BCUT2D eigenvalue weighted by atomic mass is 35.5. The van der Waals surface area contributed by atoms with Crippen molar-refractivity contribution in [3.05, 3.63) is 70.8 Å². The molecule has 2 aliphatic rings. The maximum Gasteiger partial charge on any atom is 0.409 e. The summed E-state index contributed by atoms with van der Waals surface area (Å²) in [7, 11) is 0.